The van der Waals surface area contributed by atoms with Gasteiger partial charge in [-0.25, -0.2) is 4.98 Å². The molecule has 5 nitrogen and oxygen atoms in total. The molecule has 3 heterocycles. The van der Waals surface area contributed by atoms with Gasteiger partial charge in [0.15, 0.2) is 0 Å². The summed E-state index contributed by atoms with van der Waals surface area (Å²) in [5.41, 5.74) is -3.11. The number of pyridine rings is 1. The maximum absolute atomic E-state index is 10.5. The molecule has 0 amide bonds. The number of fused-ring (bicyclic) bond motifs is 4. The molecule has 0 N–H and O–H groups in total. The molecule has 0 radical (unpaired) electrons. The molecule has 0 aliphatic rings. The molecule has 0 aliphatic heterocycles. The summed E-state index contributed by atoms with van der Waals surface area (Å²) in [5, 5.41) is 1.77. The molecule has 13 aromatic rings. The van der Waals surface area contributed by atoms with Crippen LogP contribution in [0.25, 0.3) is 106 Å². The van der Waals surface area contributed by atoms with Gasteiger partial charge >= 0.3 is 0 Å². The Morgan fingerprint density at radius 1 is 0.542 bits per heavy atom. The van der Waals surface area contributed by atoms with Crippen LogP contribution in [0.5, 0.6) is 11.5 Å². The Morgan fingerprint density at radius 2 is 1.20 bits per heavy atom. The molecule has 13 rings (SSSR count). The van der Waals surface area contributed by atoms with E-state index in [2.05, 4.69) is 39.2 Å². The van der Waals surface area contributed by atoms with Crippen molar-refractivity contribution in [1.29, 1.82) is 0 Å². The minimum Gasteiger partial charge on any atom is -0.510 e. The summed E-state index contributed by atoms with van der Waals surface area (Å²) in [6.45, 7) is 7.25. The van der Waals surface area contributed by atoms with Crippen molar-refractivity contribution in [2.24, 2.45) is 0 Å². The summed E-state index contributed by atoms with van der Waals surface area (Å²) >= 11 is 0. The first-order chi connectivity index (χ1) is 49.1. The van der Waals surface area contributed by atoms with Gasteiger partial charge in [0.2, 0.25) is 0 Å². The quantitative estimate of drug-likeness (QED) is 0.101. The van der Waals surface area contributed by atoms with Gasteiger partial charge < -0.3 is 13.9 Å². The maximum atomic E-state index is 10.5. The van der Waals surface area contributed by atoms with E-state index in [1.54, 1.807) is 57.3 Å². The first kappa shape index (κ1) is 33.9. The molecule has 6 heteroatoms. The first-order valence-corrected chi connectivity index (χ1v) is 26.5. The average Bonchev–Trinajstić information content (AvgIpc) is 1.11. The van der Waals surface area contributed by atoms with Gasteiger partial charge in [0.05, 0.1) is 40.0 Å². The number of para-hydroxylation sites is 1. The minimum atomic E-state index is -2.89. The molecule has 0 bridgehead atoms. The van der Waals surface area contributed by atoms with Crippen molar-refractivity contribution in [3.05, 3.63) is 270 Å². The second-order valence-electron chi connectivity index (χ2n) is 22.0. The molecule has 410 valence electrons. The van der Waals surface area contributed by atoms with E-state index in [1.807, 2.05) is 47.0 Å². The van der Waals surface area contributed by atoms with E-state index >= 15 is 0 Å². The van der Waals surface area contributed by atoms with Crippen LogP contribution in [0.2, 0.25) is 0 Å². The molecule has 0 saturated carbocycles. The third kappa shape index (κ3) is 10.4. The standard InChI is InChI=1S/C77H64N4O.Pt/c1-50-21-18-28-55(39-50)58-40-57(53-24-12-10-13-25-53)41-59(42-58)68-45-61(77(7,8)9)44-67(54-26-14-11-15-27-54)75(68)80-49-79(72-43-56(33-36-70(72)80)74-51(2)22-19-23-52(74)3)62-29-20-30-63(47-62)82-64-34-35-66-65-31-16-17-32-69(65)81(71(66)48-64)73-46-60(37-38-78-73)76(4,5)6;/h10-46H,1-9H3;/q-2;/i2D3,3D3,10D,11D,12D,13D,14D,15D,18D,21D,24D,25D,26D,27D,28D,39D,40D,41D,42D;. The Kier molecular flexibility index (Phi) is 8.89. The zero-order valence-corrected chi connectivity index (χ0v) is 48.3. The van der Waals surface area contributed by atoms with Crippen molar-refractivity contribution in [3.8, 4) is 84.3 Å². The van der Waals surface area contributed by atoms with Gasteiger partial charge in [0.1, 0.15) is 5.82 Å². The molecular formula is C77H64N4OPt-2. The number of nitrogens with zero attached hydrogens (tertiary/aromatic N) is 4. The van der Waals surface area contributed by atoms with E-state index < -0.39 is 155 Å². The minimum absolute atomic E-state index is 0. The Labute approximate surface area is 534 Å². The second-order valence-corrected chi connectivity index (χ2v) is 22.0. The van der Waals surface area contributed by atoms with Crippen LogP contribution in [0.1, 0.15) is 101 Å². The normalized spacial score (nSPS) is 16.1. The van der Waals surface area contributed by atoms with Crippen LogP contribution >= 0.6 is 0 Å². The van der Waals surface area contributed by atoms with Crippen LogP contribution in [0, 0.1) is 39.1 Å². The molecule has 3 aromatic heterocycles. The molecule has 0 saturated heterocycles. The Morgan fingerprint density at radius 3 is 1.94 bits per heavy atom. The monoisotopic (exact) mass is 1280 g/mol. The van der Waals surface area contributed by atoms with E-state index in [0.29, 0.717) is 16.9 Å². The molecule has 10 aromatic carbocycles. The largest absolute Gasteiger partial charge is 0.510 e. The number of aromatic nitrogens is 4. The Bertz CT molecular complexity index is 5670. The zero-order valence-electron chi connectivity index (χ0n) is 69.1. The Balaban J connectivity index is 0.0000105. The van der Waals surface area contributed by atoms with Crippen LogP contribution in [0.4, 0.5) is 0 Å². The SMILES string of the molecule is [2H]c1c([2H])c([2H])c(-c2cc(C(C)(C)C)cc(-c3c([2H])c(-c4c([2H])c([2H])c([2H])c([2H])c4[2H])c([2H])c(-c4c([2H])c([2H])c([2H])c(C)c4[2H])c3[2H])c2-[n+]2[c-]n(-c3[c-]c(Oc4[c-]c5c(cc4)c4ccccc4n5-c4cc(C(C)(C)C)ccn4)ccc3)c3cc(-c4c(C([2H])([2H])[2H])cccc4C([2H])([2H])[2H])ccc32)c([2H])c1[2H].[Pt]. The number of rotatable bonds is 10. The summed E-state index contributed by atoms with van der Waals surface area (Å²) in [6, 6.07) is 25.5. The van der Waals surface area contributed by atoms with E-state index in [1.165, 1.54) is 58.5 Å². The van der Waals surface area contributed by atoms with Crippen molar-refractivity contribution in [3.63, 3.8) is 0 Å². The first-order valence-electron chi connectivity index (χ1n) is 38.0. The van der Waals surface area contributed by atoms with E-state index in [0.717, 1.165) is 21.9 Å². The van der Waals surface area contributed by atoms with Gasteiger partial charge in [-0.15, -0.1) is 29.7 Å². The van der Waals surface area contributed by atoms with Crippen molar-refractivity contribution < 1.29 is 61.9 Å². The fraction of sp³-hybridized carbons (Fsp3) is 0.143. The number of ether oxygens (including phenoxy) is 1. The maximum Gasteiger partial charge on any atom is 0.268 e. The second kappa shape index (κ2) is 21.8. The van der Waals surface area contributed by atoms with Gasteiger partial charge in [-0.2, -0.15) is 18.2 Å². The van der Waals surface area contributed by atoms with Gasteiger partial charge in [0.25, 0.3) is 6.33 Å². The van der Waals surface area contributed by atoms with Crippen LogP contribution in [-0.2, 0) is 31.9 Å². The number of aryl methyl sites for hydroxylation is 2. The Hall–Kier alpha value is -8.89. The summed E-state index contributed by atoms with van der Waals surface area (Å²) < 4.78 is 223. The van der Waals surface area contributed by atoms with Crippen LogP contribution in [0.15, 0.2) is 224 Å². The van der Waals surface area contributed by atoms with Crippen LogP contribution < -0.4 is 9.30 Å². The fourth-order valence-corrected chi connectivity index (χ4v) is 10.3. The predicted molar refractivity (Wildman–Crippen MR) is 339 cm³/mol. The smallest absolute Gasteiger partial charge is 0.268 e. The van der Waals surface area contributed by atoms with Crippen LogP contribution in [-0.4, -0.2) is 14.1 Å². The molecule has 0 aliphatic carbocycles. The van der Waals surface area contributed by atoms with Crippen molar-refractivity contribution in [1.82, 2.24) is 14.1 Å². The van der Waals surface area contributed by atoms with Crippen molar-refractivity contribution >= 4 is 32.8 Å². The summed E-state index contributed by atoms with van der Waals surface area (Å²) in [6.07, 6.45) is 5.16. The summed E-state index contributed by atoms with van der Waals surface area (Å²) in [5.74, 6) is 0.991. The fourth-order valence-electron chi connectivity index (χ4n) is 10.3. The van der Waals surface area contributed by atoms with Gasteiger partial charge in [-0.3, -0.25) is 4.57 Å². The molecule has 0 fully saturated rings. The zero-order chi connectivity index (χ0) is 76.2. The van der Waals surface area contributed by atoms with Crippen molar-refractivity contribution in [2.45, 2.75) is 73.0 Å². The predicted octanol–water partition coefficient (Wildman–Crippen LogP) is 19.4. The molecule has 0 atom stereocenters. The van der Waals surface area contributed by atoms with Crippen molar-refractivity contribution in [2.75, 3.05) is 0 Å². The number of hydrogen-bond acceptors (Lipinski definition) is 2. The van der Waals surface area contributed by atoms with Gasteiger partial charge in [-0.05, 0) is 163 Å². The molecule has 83 heavy (non-hydrogen) atoms. The van der Waals surface area contributed by atoms with Crippen LogP contribution in [0.3, 0.4) is 0 Å². The number of benzene rings is 10. The number of hydrogen-bond donors (Lipinski definition) is 0. The van der Waals surface area contributed by atoms with E-state index in [4.69, 9.17) is 28.9 Å². The third-order valence-corrected chi connectivity index (χ3v) is 14.4. The van der Waals surface area contributed by atoms with Gasteiger partial charge in [0, 0.05) is 52.5 Å². The topological polar surface area (TPSA) is 35.9 Å². The molecule has 0 unspecified atom stereocenters. The summed E-state index contributed by atoms with van der Waals surface area (Å²) in [4.78, 5) is 4.82. The molecule has 0 spiro atoms. The van der Waals surface area contributed by atoms with Gasteiger partial charge in [-0.1, -0.05) is 198 Å². The molecular weight excluding hydrogens is 1190 g/mol. The summed E-state index contributed by atoms with van der Waals surface area (Å²) in [7, 11) is 0. The van der Waals surface area contributed by atoms with E-state index in [9.17, 15) is 12.3 Å². The third-order valence-electron chi connectivity index (χ3n) is 14.4. The van der Waals surface area contributed by atoms with E-state index in [-0.39, 0.29) is 99.3 Å². The average molecular weight is 1280 g/mol. The number of imidazole rings is 1.